The van der Waals surface area contributed by atoms with Gasteiger partial charge in [-0.25, -0.2) is 0 Å². The average Bonchev–Trinajstić information content (AvgIpc) is 3.30. The van der Waals surface area contributed by atoms with Crippen molar-refractivity contribution in [3.8, 4) is 28.8 Å². The molecule has 0 saturated heterocycles. The number of ether oxygens (including phenoxy) is 2. The molecule has 0 unspecified atom stereocenters. The number of fused-ring (bicyclic) bond motifs is 2. The van der Waals surface area contributed by atoms with Crippen molar-refractivity contribution in [3.63, 3.8) is 0 Å². The molecule has 0 bridgehead atoms. The number of hydrogen-bond donors (Lipinski definition) is 1. The highest BCUT2D eigenvalue weighted by molar-refractivity contribution is 5.94. The average molecular weight is 513 g/mol. The molecule has 6 nitrogen and oxygen atoms in total. The zero-order chi connectivity index (χ0) is 26.9. The maximum Gasteiger partial charge on any atom is 0.573 e. The molecular formula is C28H27F3N2O4. The summed E-state index contributed by atoms with van der Waals surface area (Å²) in [5.41, 5.74) is 2.71. The minimum absolute atomic E-state index is 0.00662. The van der Waals surface area contributed by atoms with Crippen molar-refractivity contribution >= 4 is 21.9 Å². The van der Waals surface area contributed by atoms with Crippen molar-refractivity contribution in [1.29, 1.82) is 0 Å². The van der Waals surface area contributed by atoms with Crippen LogP contribution in [0.15, 0.2) is 65.2 Å². The van der Waals surface area contributed by atoms with Crippen LogP contribution in [-0.4, -0.2) is 21.2 Å². The second-order valence-corrected chi connectivity index (χ2v) is 9.31. The molecule has 2 heterocycles. The highest BCUT2D eigenvalue weighted by Crippen LogP contribution is 2.41. The van der Waals surface area contributed by atoms with Gasteiger partial charge in [0.2, 0.25) is 0 Å². The number of rotatable bonds is 4. The Morgan fingerprint density at radius 1 is 0.919 bits per heavy atom. The van der Waals surface area contributed by atoms with Gasteiger partial charge in [-0.15, -0.1) is 13.2 Å². The third-order valence-corrected chi connectivity index (χ3v) is 5.21. The van der Waals surface area contributed by atoms with E-state index in [1.165, 1.54) is 30.3 Å². The Balaban J connectivity index is 0.000000747. The summed E-state index contributed by atoms with van der Waals surface area (Å²) in [7, 11) is 0. The van der Waals surface area contributed by atoms with E-state index in [9.17, 15) is 18.3 Å². The lowest BCUT2D eigenvalue weighted by Gasteiger charge is -2.09. The Bertz CT molecular complexity index is 1550. The number of hydrogen-bond acceptors (Lipinski definition) is 5. The number of phenols is 1. The molecule has 0 aliphatic rings. The van der Waals surface area contributed by atoms with Gasteiger partial charge in [0.05, 0.1) is 16.6 Å². The van der Waals surface area contributed by atoms with Gasteiger partial charge in [0, 0.05) is 11.5 Å². The molecule has 0 aliphatic carbocycles. The zero-order valence-electron chi connectivity index (χ0n) is 21.1. The van der Waals surface area contributed by atoms with Crippen molar-refractivity contribution in [2.45, 2.75) is 41.0 Å². The van der Waals surface area contributed by atoms with E-state index in [0.717, 1.165) is 16.9 Å². The number of aromatic hydroxyl groups is 1. The number of nitrogens with zero attached hydrogens (tertiary/aromatic N) is 2. The number of phenolic OH excluding ortho intramolecular Hbond substituents is 1. The van der Waals surface area contributed by atoms with Crippen LogP contribution in [0.25, 0.3) is 27.7 Å². The molecule has 0 aliphatic heterocycles. The lowest BCUT2D eigenvalue weighted by Crippen LogP contribution is -2.17. The smallest absolute Gasteiger partial charge is 0.508 e. The van der Waals surface area contributed by atoms with Crippen molar-refractivity contribution in [1.82, 2.24) is 9.72 Å². The third kappa shape index (κ3) is 5.82. The molecule has 1 N–H and O–H groups in total. The largest absolute Gasteiger partial charge is 0.573 e. The lowest BCUT2D eigenvalue weighted by molar-refractivity contribution is -0.274. The quantitative estimate of drug-likeness (QED) is 0.262. The maximum absolute atomic E-state index is 12.8. The first kappa shape index (κ1) is 25.9. The summed E-state index contributed by atoms with van der Waals surface area (Å²) < 4.78 is 55.9. The predicted octanol–water partition coefficient (Wildman–Crippen LogP) is 8.45. The molecule has 2 aromatic heterocycles. The number of halogens is 3. The van der Waals surface area contributed by atoms with Crippen LogP contribution in [0.2, 0.25) is 0 Å². The van der Waals surface area contributed by atoms with Crippen LogP contribution in [0.1, 0.15) is 32.0 Å². The van der Waals surface area contributed by atoms with Crippen LogP contribution < -0.4 is 9.47 Å². The van der Waals surface area contributed by atoms with Crippen molar-refractivity contribution in [2.75, 3.05) is 0 Å². The lowest BCUT2D eigenvalue weighted by atomic mass is 10.2. The van der Waals surface area contributed by atoms with E-state index in [4.69, 9.17) is 9.26 Å². The number of aromatic nitrogens is 2. The van der Waals surface area contributed by atoms with Crippen LogP contribution in [0.3, 0.4) is 0 Å². The van der Waals surface area contributed by atoms with E-state index in [0.29, 0.717) is 39.5 Å². The molecule has 0 radical (unpaired) electrons. The summed E-state index contributed by atoms with van der Waals surface area (Å²) in [6, 6.07) is 15.8. The monoisotopic (exact) mass is 512 g/mol. The summed E-state index contributed by atoms with van der Waals surface area (Å²) in [6.07, 6.45) is -4.84. The van der Waals surface area contributed by atoms with Crippen LogP contribution in [-0.2, 0) is 0 Å². The molecule has 9 heteroatoms. The van der Waals surface area contributed by atoms with E-state index in [2.05, 4.69) is 30.7 Å². The summed E-state index contributed by atoms with van der Waals surface area (Å²) >= 11 is 0. The maximum atomic E-state index is 12.8. The minimum atomic E-state index is -4.84. The summed E-state index contributed by atoms with van der Waals surface area (Å²) in [6.45, 7) is 10.2. The molecule has 3 aromatic carbocycles. The van der Waals surface area contributed by atoms with Crippen LogP contribution in [0.4, 0.5) is 13.2 Å². The van der Waals surface area contributed by atoms with Crippen molar-refractivity contribution < 1.29 is 32.3 Å². The molecular weight excluding hydrogens is 485 g/mol. The molecule has 0 amide bonds. The number of alkyl halides is 3. The standard InChI is InChI=1S/C24H17F3N2O4.C4H10/c1-13-6-8-18-21(10-13)33-28-23(18)29-14(2)22(31-16-5-3-4-15(30)11-16)19-12-17(7-9-20(19)29)32-24(25,26)27;1-4(2)3/h3-12,30H,1-2H3;4H,1-3H3. The van der Waals surface area contributed by atoms with E-state index in [1.54, 1.807) is 23.6 Å². The topological polar surface area (TPSA) is 69.7 Å². The first-order valence-electron chi connectivity index (χ1n) is 11.7. The highest BCUT2D eigenvalue weighted by atomic mass is 19.4. The predicted molar refractivity (Wildman–Crippen MR) is 136 cm³/mol. The fourth-order valence-corrected chi connectivity index (χ4v) is 3.83. The Kier molecular flexibility index (Phi) is 7.07. The highest BCUT2D eigenvalue weighted by Gasteiger charge is 2.32. The van der Waals surface area contributed by atoms with Gasteiger partial charge < -0.3 is 19.1 Å². The number of aryl methyl sites for hydroxylation is 1. The van der Waals surface area contributed by atoms with E-state index >= 15 is 0 Å². The van der Waals surface area contributed by atoms with Crippen LogP contribution in [0.5, 0.6) is 23.0 Å². The van der Waals surface area contributed by atoms with Gasteiger partial charge in [-0.3, -0.25) is 4.57 Å². The molecule has 194 valence electrons. The first-order valence-corrected chi connectivity index (χ1v) is 11.7. The molecule has 0 saturated carbocycles. The van der Waals surface area contributed by atoms with E-state index in [1.807, 2.05) is 25.1 Å². The zero-order valence-corrected chi connectivity index (χ0v) is 21.1. The Morgan fingerprint density at radius 2 is 1.65 bits per heavy atom. The molecule has 0 atom stereocenters. The third-order valence-electron chi connectivity index (χ3n) is 5.21. The van der Waals surface area contributed by atoms with Crippen LogP contribution >= 0.6 is 0 Å². The molecule has 5 aromatic rings. The summed E-state index contributed by atoms with van der Waals surface area (Å²) in [5, 5.41) is 15.1. The van der Waals surface area contributed by atoms with E-state index < -0.39 is 6.36 Å². The summed E-state index contributed by atoms with van der Waals surface area (Å²) in [4.78, 5) is 0. The van der Waals surface area contributed by atoms with Gasteiger partial charge in [-0.2, -0.15) is 0 Å². The molecule has 0 spiro atoms. The van der Waals surface area contributed by atoms with Gasteiger partial charge in [-0.05, 0) is 67.8 Å². The second kappa shape index (κ2) is 10.1. The Hall–Kier alpha value is -4.14. The van der Waals surface area contributed by atoms with Crippen LogP contribution in [0, 0.1) is 19.8 Å². The van der Waals surface area contributed by atoms with Gasteiger partial charge in [0.1, 0.15) is 17.2 Å². The molecule has 37 heavy (non-hydrogen) atoms. The van der Waals surface area contributed by atoms with Gasteiger partial charge in [-0.1, -0.05) is 38.1 Å². The SMILES string of the molecule is CC(C)C.Cc1ccc2c(-n3c(C)c(Oc4cccc(O)c4)c4cc(OC(F)(F)F)ccc43)noc2c1. The fraction of sp³-hybridized carbons (Fsp3) is 0.250. The fourth-order valence-electron chi connectivity index (χ4n) is 3.83. The van der Waals surface area contributed by atoms with Gasteiger partial charge in [0.25, 0.3) is 0 Å². The number of benzene rings is 3. The molecule has 5 rings (SSSR count). The molecule has 0 fully saturated rings. The van der Waals surface area contributed by atoms with E-state index in [-0.39, 0.29) is 11.5 Å². The normalized spacial score (nSPS) is 11.6. The first-order chi connectivity index (χ1) is 17.4. The minimum Gasteiger partial charge on any atom is -0.508 e. The summed E-state index contributed by atoms with van der Waals surface area (Å²) in [5.74, 6) is 1.54. The Morgan fingerprint density at radius 3 is 2.32 bits per heavy atom. The van der Waals surface area contributed by atoms with Gasteiger partial charge in [0.15, 0.2) is 17.2 Å². The van der Waals surface area contributed by atoms with Crippen molar-refractivity contribution in [2.24, 2.45) is 5.92 Å². The second-order valence-electron chi connectivity index (χ2n) is 9.31. The van der Waals surface area contributed by atoms with Crippen molar-refractivity contribution in [3.05, 3.63) is 71.9 Å². The van der Waals surface area contributed by atoms with Gasteiger partial charge >= 0.3 is 6.36 Å². The Labute approximate surface area is 211 Å².